The van der Waals surface area contributed by atoms with Gasteiger partial charge < -0.3 is 4.74 Å². The molecule has 0 saturated carbocycles. The number of carbonyl (C=O) groups excluding carboxylic acids is 1. The molecule has 1 aromatic heterocycles. The van der Waals surface area contributed by atoms with Crippen molar-refractivity contribution in [1.82, 2.24) is 4.98 Å². The lowest BCUT2D eigenvalue weighted by atomic mass is 10.1. The van der Waals surface area contributed by atoms with Gasteiger partial charge in [-0.3, -0.25) is 10.1 Å². The Morgan fingerprint density at radius 2 is 1.92 bits per heavy atom. The minimum atomic E-state index is -3.28. The van der Waals surface area contributed by atoms with Crippen LogP contribution in [0.2, 0.25) is 0 Å². The molecule has 3 aromatic rings. The summed E-state index contributed by atoms with van der Waals surface area (Å²) in [6, 6.07) is 11.8. The first-order chi connectivity index (χ1) is 11.9. The highest BCUT2D eigenvalue weighted by molar-refractivity contribution is 7.90. The largest absolute Gasteiger partial charge is 0.380 e. The van der Waals surface area contributed by atoms with Crippen molar-refractivity contribution >= 4 is 42.4 Å². The molecule has 0 aliphatic rings. The Labute approximate surface area is 149 Å². The Bertz CT molecular complexity index is 1020. The van der Waals surface area contributed by atoms with Gasteiger partial charge in [0.05, 0.1) is 21.7 Å². The minimum absolute atomic E-state index is 0.232. The molecule has 1 heterocycles. The molecule has 0 aliphatic heterocycles. The average molecular weight is 376 g/mol. The standard InChI is InChI=1S/C17H16N2O4S2/c1-23-10-11-3-5-12(6-4-11)16(20)19-17-18-14-8-7-13(25(2,21)22)9-15(14)24-17/h3-9H,10H2,1-2H3,(H,18,19,20). The molecule has 25 heavy (non-hydrogen) atoms. The van der Waals surface area contributed by atoms with Crippen LogP contribution in [-0.4, -0.2) is 32.7 Å². The van der Waals surface area contributed by atoms with Crippen LogP contribution >= 0.6 is 11.3 Å². The van der Waals surface area contributed by atoms with Gasteiger partial charge in [0.1, 0.15) is 0 Å². The lowest BCUT2D eigenvalue weighted by Gasteiger charge is -2.03. The summed E-state index contributed by atoms with van der Waals surface area (Å²) >= 11 is 1.23. The number of carbonyl (C=O) groups is 1. The second kappa shape index (κ2) is 6.91. The highest BCUT2D eigenvalue weighted by Gasteiger charge is 2.13. The number of fused-ring (bicyclic) bond motifs is 1. The molecule has 0 atom stereocenters. The predicted molar refractivity (Wildman–Crippen MR) is 97.8 cm³/mol. The molecule has 3 rings (SSSR count). The molecular weight excluding hydrogens is 360 g/mol. The van der Waals surface area contributed by atoms with Crippen molar-refractivity contribution in [1.29, 1.82) is 0 Å². The van der Waals surface area contributed by atoms with E-state index in [1.165, 1.54) is 17.4 Å². The van der Waals surface area contributed by atoms with Crippen molar-refractivity contribution in [3.8, 4) is 0 Å². The molecule has 1 N–H and O–H groups in total. The number of benzene rings is 2. The van der Waals surface area contributed by atoms with Crippen LogP contribution in [0.15, 0.2) is 47.4 Å². The van der Waals surface area contributed by atoms with E-state index in [9.17, 15) is 13.2 Å². The van der Waals surface area contributed by atoms with E-state index in [2.05, 4.69) is 10.3 Å². The number of methoxy groups -OCH3 is 1. The van der Waals surface area contributed by atoms with Gasteiger partial charge in [-0.05, 0) is 35.9 Å². The van der Waals surface area contributed by atoms with Gasteiger partial charge in [-0.2, -0.15) is 0 Å². The van der Waals surface area contributed by atoms with E-state index in [1.807, 2.05) is 12.1 Å². The second-order valence-electron chi connectivity index (χ2n) is 5.50. The predicted octanol–water partition coefficient (Wildman–Crippen LogP) is 3.10. The number of nitrogens with zero attached hydrogens (tertiary/aromatic N) is 1. The molecule has 8 heteroatoms. The van der Waals surface area contributed by atoms with E-state index in [4.69, 9.17) is 4.74 Å². The van der Waals surface area contributed by atoms with E-state index in [1.54, 1.807) is 31.4 Å². The van der Waals surface area contributed by atoms with E-state index < -0.39 is 9.84 Å². The third kappa shape index (κ3) is 4.04. The summed E-state index contributed by atoms with van der Waals surface area (Å²) in [4.78, 5) is 16.9. The maximum Gasteiger partial charge on any atom is 0.257 e. The minimum Gasteiger partial charge on any atom is -0.380 e. The van der Waals surface area contributed by atoms with Crippen molar-refractivity contribution in [2.75, 3.05) is 18.7 Å². The molecule has 0 aliphatic carbocycles. The first kappa shape index (κ1) is 17.5. The third-order valence-corrected chi connectivity index (χ3v) is 5.58. The summed E-state index contributed by atoms with van der Waals surface area (Å²) in [6.07, 6.45) is 1.16. The number of amides is 1. The Kier molecular flexibility index (Phi) is 4.85. The van der Waals surface area contributed by atoms with E-state index in [0.29, 0.717) is 27.5 Å². The fourth-order valence-corrected chi connectivity index (χ4v) is 3.90. The average Bonchev–Trinajstić information content (AvgIpc) is 2.96. The number of hydrogen-bond donors (Lipinski definition) is 1. The molecule has 0 bridgehead atoms. The molecule has 2 aromatic carbocycles. The molecule has 0 radical (unpaired) electrons. The Hall–Kier alpha value is -2.29. The number of nitrogens with one attached hydrogen (secondary N) is 1. The third-order valence-electron chi connectivity index (χ3n) is 3.54. The highest BCUT2D eigenvalue weighted by atomic mass is 32.2. The normalized spacial score (nSPS) is 11.6. The van der Waals surface area contributed by atoms with Gasteiger partial charge in [-0.25, -0.2) is 13.4 Å². The van der Waals surface area contributed by atoms with Gasteiger partial charge in [0.25, 0.3) is 5.91 Å². The van der Waals surface area contributed by atoms with Gasteiger partial charge in [0, 0.05) is 18.9 Å². The van der Waals surface area contributed by atoms with Gasteiger partial charge in [-0.1, -0.05) is 23.5 Å². The molecule has 1 amide bonds. The molecule has 0 unspecified atom stereocenters. The maximum absolute atomic E-state index is 12.3. The van der Waals surface area contributed by atoms with E-state index in [0.717, 1.165) is 11.8 Å². The Balaban J connectivity index is 1.81. The number of ether oxygens (including phenoxy) is 1. The first-order valence-corrected chi connectivity index (χ1v) is 10.1. The lowest BCUT2D eigenvalue weighted by Crippen LogP contribution is -2.11. The molecule has 130 valence electrons. The topological polar surface area (TPSA) is 85.4 Å². The summed E-state index contributed by atoms with van der Waals surface area (Å²) in [7, 11) is -1.66. The number of sulfone groups is 1. The zero-order chi connectivity index (χ0) is 18.0. The SMILES string of the molecule is COCc1ccc(C(=O)Nc2nc3ccc(S(C)(=O)=O)cc3s2)cc1. The van der Waals surface area contributed by atoms with Crippen LogP contribution in [-0.2, 0) is 21.2 Å². The van der Waals surface area contributed by atoms with Crippen molar-refractivity contribution in [2.45, 2.75) is 11.5 Å². The first-order valence-electron chi connectivity index (χ1n) is 7.37. The van der Waals surface area contributed by atoms with Crippen molar-refractivity contribution in [2.24, 2.45) is 0 Å². The number of aromatic nitrogens is 1. The number of hydrogen-bond acceptors (Lipinski definition) is 6. The van der Waals surface area contributed by atoms with Crippen molar-refractivity contribution in [3.05, 3.63) is 53.6 Å². The van der Waals surface area contributed by atoms with Gasteiger partial charge >= 0.3 is 0 Å². The van der Waals surface area contributed by atoms with Crippen LogP contribution < -0.4 is 5.32 Å². The summed E-state index contributed by atoms with van der Waals surface area (Å²) in [5, 5.41) is 3.17. The summed E-state index contributed by atoms with van der Waals surface area (Å²) in [6.45, 7) is 0.489. The summed E-state index contributed by atoms with van der Waals surface area (Å²) in [5.74, 6) is -0.272. The Morgan fingerprint density at radius 3 is 2.56 bits per heavy atom. The fraction of sp³-hybridized carbons (Fsp3) is 0.176. The molecular formula is C17H16N2O4S2. The zero-order valence-corrected chi connectivity index (χ0v) is 15.3. The van der Waals surface area contributed by atoms with Crippen LogP contribution in [0.3, 0.4) is 0 Å². The number of anilines is 1. The number of rotatable bonds is 5. The van der Waals surface area contributed by atoms with Gasteiger partial charge in [0.15, 0.2) is 15.0 Å². The van der Waals surface area contributed by atoms with E-state index in [-0.39, 0.29) is 10.8 Å². The summed E-state index contributed by atoms with van der Waals surface area (Å²) in [5.41, 5.74) is 2.13. The zero-order valence-electron chi connectivity index (χ0n) is 13.6. The van der Waals surface area contributed by atoms with Crippen molar-refractivity contribution < 1.29 is 17.9 Å². The quantitative estimate of drug-likeness (QED) is 0.739. The molecule has 6 nitrogen and oxygen atoms in total. The van der Waals surface area contributed by atoms with Gasteiger partial charge in [-0.15, -0.1) is 0 Å². The van der Waals surface area contributed by atoms with Gasteiger partial charge in [0.2, 0.25) is 0 Å². The summed E-state index contributed by atoms with van der Waals surface area (Å²) < 4.78 is 29.0. The van der Waals surface area contributed by atoms with Crippen LogP contribution in [0.1, 0.15) is 15.9 Å². The lowest BCUT2D eigenvalue weighted by molar-refractivity contribution is 0.102. The molecule has 0 spiro atoms. The molecule has 0 saturated heterocycles. The fourth-order valence-electron chi connectivity index (χ4n) is 2.28. The van der Waals surface area contributed by atoms with Crippen LogP contribution in [0.4, 0.5) is 5.13 Å². The van der Waals surface area contributed by atoms with Crippen LogP contribution in [0.5, 0.6) is 0 Å². The highest BCUT2D eigenvalue weighted by Crippen LogP contribution is 2.28. The monoisotopic (exact) mass is 376 g/mol. The van der Waals surface area contributed by atoms with Crippen molar-refractivity contribution in [3.63, 3.8) is 0 Å². The Morgan fingerprint density at radius 1 is 1.20 bits per heavy atom. The smallest absolute Gasteiger partial charge is 0.257 e. The molecule has 0 fully saturated rings. The van der Waals surface area contributed by atoms with E-state index >= 15 is 0 Å². The number of thiazole rings is 1. The second-order valence-corrected chi connectivity index (χ2v) is 8.55. The maximum atomic E-state index is 12.3. The van der Waals surface area contributed by atoms with Crippen LogP contribution in [0.25, 0.3) is 10.2 Å². The van der Waals surface area contributed by atoms with Crippen LogP contribution in [0, 0.1) is 0 Å².